The summed E-state index contributed by atoms with van der Waals surface area (Å²) < 4.78 is 36.3. The van der Waals surface area contributed by atoms with E-state index in [9.17, 15) is 18.4 Å². The topological polar surface area (TPSA) is 64.6 Å². The molecular weight excluding hydrogens is 356 g/mol. The van der Waals surface area contributed by atoms with E-state index in [4.69, 9.17) is 9.47 Å². The highest BCUT2D eigenvalue weighted by Gasteiger charge is 2.17. The van der Waals surface area contributed by atoms with Crippen molar-refractivity contribution in [2.24, 2.45) is 0 Å². The summed E-state index contributed by atoms with van der Waals surface area (Å²) in [6.07, 6.45) is 1.62. The van der Waals surface area contributed by atoms with E-state index in [0.29, 0.717) is 6.61 Å². The van der Waals surface area contributed by atoms with Crippen molar-refractivity contribution in [2.75, 3.05) is 11.9 Å². The van der Waals surface area contributed by atoms with Crippen LogP contribution in [0.2, 0.25) is 0 Å². The minimum absolute atomic E-state index is 0.0618. The normalized spacial score (nSPS) is 11.9. The highest BCUT2D eigenvalue weighted by atomic mass is 19.2. The Morgan fingerprint density at radius 3 is 2.44 bits per heavy atom. The number of hydrogen-bond donors (Lipinski definition) is 1. The van der Waals surface area contributed by atoms with E-state index in [-0.39, 0.29) is 5.69 Å². The maximum Gasteiger partial charge on any atom is 0.331 e. The summed E-state index contributed by atoms with van der Waals surface area (Å²) in [5.41, 5.74) is 0.820. The predicted octanol–water partition coefficient (Wildman–Crippen LogP) is 3.95. The Morgan fingerprint density at radius 2 is 1.81 bits per heavy atom. The molecule has 27 heavy (non-hydrogen) atoms. The van der Waals surface area contributed by atoms with Gasteiger partial charge in [-0.15, -0.1) is 0 Å². The summed E-state index contributed by atoms with van der Waals surface area (Å²) in [7, 11) is 0. The van der Waals surface area contributed by atoms with Crippen molar-refractivity contribution < 1.29 is 27.8 Å². The van der Waals surface area contributed by atoms with Crippen molar-refractivity contribution in [3.8, 4) is 5.75 Å². The minimum atomic E-state index is -1.12. The van der Waals surface area contributed by atoms with Gasteiger partial charge in [0, 0.05) is 17.8 Å². The van der Waals surface area contributed by atoms with Crippen LogP contribution in [0.3, 0.4) is 0 Å². The Balaban J connectivity index is 1.88. The number of ether oxygens (including phenoxy) is 2. The number of amides is 1. The number of esters is 1. The van der Waals surface area contributed by atoms with E-state index in [1.165, 1.54) is 25.1 Å². The monoisotopic (exact) mass is 375 g/mol. The van der Waals surface area contributed by atoms with Gasteiger partial charge >= 0.3 is 5.97 Å². The molecule has 2 aromatic carbocycles. The number of halogens is 2. The van der Waals surface area contributed by atoms with Gasteiger partial charge in [-0.25, -0.2) is 13.6 Å². The molecule has 1 amide bonds. The van der Waals surface area contributed by atoms with Crippen LogP contribution in [0.4, 0.5) is 14.5 Å². The minimum Gasteiger partial charge on any atom is -0.494 e. The Hall–Kier alpha value is -3.22. The van der Waals surface area contributed by atoms with Crippen molar-refractivity contribution in [2.45, 2.75) is 20.0 Å². The number of carbonyl (C=O) groups is 2. The average Bonchev–Trinajstić information content (AvgIpc) is 2.64. The quantitative estimate of drug-likeness (QED) is 0.588. The van der Waals surface area contributed by atoms with Crippen molar-refractivity contribution >= 4 is 23.6 Å². The van der Waals surface area contributed by atoms with Gasteiger partial charge in [0.15, 0.2) is 17.7 Å². The zero-order valence-electron chi connectivity index (χ0n) is 14.9. The first-order valence-corrected chi connectivity index (χ1v) is 8.26. The van der Waals surface area contributed by atoms with Crippen LogP contribution >= 0.6 is 0 Å². The molecule has 7 heteroatoms. The summed E-state index contributed by atoms with van der Waals surface area (Å²) in [5, 5.41) is 2.35. The van der Waals surface area contributed by atoms with Gasteiger partial charge in [0.1, 0.15) is 5.75 Å². The third kappa shape index (κ3) is 6.22. The molecule has 2 rings (SSSR count). The molecule has 142 valence electrons. The van der Waals surface area contributed by atoms with Gasteiger partial charge in [0.25, 0.3) is 5.91 Å². The van der Waals surface area contributed by atoms with E-state index in [0.717, 1.165) is 23.4 Å². The van der Waals surface area contributed by atoms with Gasteiger partial charge in [0.2, 0.25) is 0 Å². The van der Waals surface area contributed by atoms with Crippen molar-refractivity contribution in [1.29, 1.82) is 0 Å². The lowest BCUT2D eigenvalue weighted by molar-refractivity contribution is -0.148. The Labute approximate surface area is 155 Å². The highest BCUT2D eigenvalue weighted by Crippen LogP contribution is 2.14. The molecule has 0 aromatic heterocycles. The molecule has 1 atom stereocenters. The maximum absolute atomic E-state index is 13.1. The molecular formula is C20H19F2NO4. The SMILES string of the molecule is CCOc1ccc(/C=C/C(=O)O[C@H](C)C(=O)Nc2ccc(F)c(F)c2)cc1. The second kappa shape index (κ2) is 9.47. The van der Waals surface area contributed by atoms with Gasteiger partial charge in [-0.1, -0.05) is 12.1 Å². The first-order chi connectivity index (χ1) is 12.9. The molecule has 0 saturated heterocycles. The van der Waals surface area contributed by atoms with Crippen molar-refractivity contribution in [1.82, 2.24) is 0 Å². The van der Waals surface area contributed by atoms with Crippen LogP contribution in [0.25, 0.3) is 6.08 Å². The standard InChI is InChI=1S/C20H19F2NO4/c1-3-26-16-8-4-14(5-9-16)6-11-19(24)27-13(2)20(25)23-15-7-10-17(21)18(22)12-15/h4-13H,3H2,1-2H3,(H,23,25)/b11-6+/t13-/m1/s1. The van der Waals surface area contributed by atoms with Gasteiger partial charge < -0.3 is 14.8 Å². The molecule has 0 saturated carbocycles. The maximum atomic E-state index is 13.1. The molecule has 0 aliphatic heterocycles. The van der Waals surface area contributed by atoms with Gasteiger partial charge in [-0.3, -0.25) is 4.79 Å². The summed E-state index contributed by atoms with van der Waals surface area (Å²) in [6.45, 7) is 3.82. The summed E-state index contributed by atoms with van der Waals surface area (Å²) in [6, 6.07) is 10.0. The molecule has 5 nitrogen and oxygen atoms in total. The zero-order chi connectivity index (χ0) is 19.8. The molecule has 0 spiro atoms. The molecule has 0 heterocycles. The van der Waals surface area contributed by atoms with Gasteiger partial charge in [0.05, 0.1) is 6.61 Å². The third-order valence-corrected chi connectivity index (χ3v) is 3.45. The molecule has 0 aliphatic rings. The lowest BCUT2D eigenvalue weighted by Gasteiger charge is -2.12. The first kappa shape index (κ1) is 20.1. The van der Waals surface area contributed by atoms with Crippen LogP contribution < -0.4 is 10.1 Å². The average molecular weight is 375 g/mol. The van der Waals surface area contributed by atoms with E-state index < -0.39 is 29.6 Å². The Morgan fingerprint density at radius 1 is 1.11 bits per heavy atom. The van der Waals surface area contributed by atoms with Crippen LogP contribution in [0.15, 0.2) is 48.5 Å². The number of carbonyl (C=O) groups excluding carboxylic acids is 2. The van der Waals surface area contributed by atoms with E-state index in [1.807, 2.05) is 6.92 Å². The van der Waals surface area contributed by atoms with Crippen molar-refractivity contribution in [3.05, 3.63) is 65.7 Å². The molecule has 0 aliphatic carbocycles. The fourth-order valence-corrected chi connectivity index (χ4v) is 2.09. The lowest BCUT2D eigenvalue weighted by Crippen LogP contribution is -2.29. The van der Waals surface area contributed by atoms with Crippen LogP contribution in [0.5, 0.6) is 5.75 Å². The fraction of sp³-hybridized carbons (Fsp3) is 0.200. The largest absolute Gasteiger partial charge is 0.494 e. The second-order valence-electron chi connectivity index (χ2n) is 5.53. The molecule has 0 radical (unpaired) electrons. The van der Waals surface area contributed by atoms with Crippen LogP contribution in [0.1, 0.15) is 19.4 Å². The Kier molecular flexibility index (Phi) is 7.05. The van der Waals surface area contributed by atoms with E-state index in [2.05, 4.69) is 5.32 Å². The number of hydrogen-bond acceptors (Lipinski definition) is 4. The number of nitrogens with one attached hydrogen (secondary N) is 1. The molecule has 0 fully saturated rings. The summed E-state index contributed by atoms with van der Waals surface area (Å²) in [4.78, 5) is 23.8. The smallest absolute Gasteiger partial charge is 0.331 e. The zero-order valence-corrected chi connectivity index (χ0v) is 14.9. The fourth-order valence-electron chi connectivity index (χ4n) is 2.09. The van der Waals surface area contributed by atoms with Crippen molar-refractivity contribution in [3.63, 3.8) is 0 Å². The van der Waals surface area contributed by atoms with Crippen LogP contribution in [0, 0.1) is 11.6 Å². The predicted molar refractivity (Wildman–Crippen MR) is 97.2 cm³/mol. The number of benzene rings is 2. The van der Waals surface area contributed by atoms with Gasteiger partial charge in [-0.05, 0) is 49.8 Å². The molecule has 2 aromatic rings. The highest BCUT2D eigenvalue weighted by molar-refractivity contribution is 5.96. The first-order valence-electron chi connectivity index (χ1n) is 8.26. The van der Waals surface area contributed by atoms with Crippen LogP contribution in [-0.4, -0.2) is 24.6 Å². The lowest BCUT2D eigenvalue weighted by atomic mass is 10.2. The number of anilines is 1. The molecule has 0 bridgehead atoms. The summed E-state index contributed by atoms with van der Waals surface area (Å²) in [5.74, 6) is -2.76. The van der Waals surface area contributed by atoms with Crippen LogP contribution in [-0.2, 0) is 14.3 Å². The van der Waals surface area contributed by atoms with E-state index >= 15 is 0 Å². The third-order valence-electron chi connectivity index (χ3n) is 3.45. The molecule has 1 N–H and O–H groups in total. The molecule has 0 unspecified atom stereocenters. The second-order valence-corrected chi connectivity index (χ2v) is 5.53. The van der Waals surface area contributed by atoms with E-state index in [1.54, 1.807) is 24.3 Å². The summed E-state index contributed by atoms with van der Waals surface area (Å²) >= 11 is 0. The van der Waals surface area contributed by atoms with Gasteiger partial charge in [-0.2, -0.15) is 0 Å². The Bertz CT molecular complexity index is 834. The number of rotatable bonds is 7.